The quantitative estimate of drug-likeness (QED) is 0.128. The summed E-state index contributed by atoms with van der Waals surface area (Å²) in [5.74, 6) is 0.945. The molecule has 8 aromatic carbocycles. The molecular weight excluding hydrogens is 717 g/mol. The predicted octanol–water partition coefficient (Wildman–Crippen LogP) is 15.9. The maximum absolute atomic E-state index is 2.46. The van der Waals surface area contributed by atoms with Crippen LogP contribution >= 0.6 is 20.1 Å². The van der Waals surface area contributed by atoms with Gasteiger partial charge in [-0.2, -0.15) is 0 Å². The van der Waals surface area contributed by atoms with Crippen LogP contribution in [0.25, 0.3) is 32.3 Å². The van der Waals surface area contributed by atoms with E-state index < -0.39 is 20.1 Å². The number of rotatable bonds is 10. The molecule has 0 radical (unpaired) electrons. The normalized spacial score (nSPS) is 13.0. The molecular formula is C52H56N2S2. The van der Waals surface area contributed by atoms with Crippen molar-refractivity contribution in [3.8, 4) is 0 Å². The fourth-order valence-electron chi connectivity index (χ4n) is 8.04. The fourth-order valence-corrected chi connectivity index (χ4v) is 9.94. The molecule has 0 spiro atoms. The second kappa shape index (κ2) is 14.6. The van der Waals surface area contributed by atoms with Gasteiger partial charge in [-0.1, -0.05) is 88.4 Å². The van der Waals surface area contributed by atoms with Gasteiger partial charge in [0.15, 0.2) is 0 Å². The lowest BCUT2D eigenvalue weighted by Gasteiger charge is -2.31. The molecule has 0 atom stereocenters. The van der Waals surface area contributed by atoms with E-state index in [0.717, 1.165) is 11.4 Å². The molecule has 0 saturated heterocycles. The highest BCUT2D eigenvalue weighted by Gasteiger charge is 2.23. The Bertz CT molecular complexity index is 2440. The van der Waals surface area contributed by atoms with Gasteiger partial charge in [-0.05, 0) is 177 Å². The largest absolute Gasteiger partial charge is 0.310 e. The van der Waals surface area contributed by atoms with Crippen LogP contribution in [0.5, 0.6) is 0 Å². The van der Waals surface area contributed by atoms with E-state index in [2.05, 4.69) is 221 Å². The lowest BCUT2D eigenvalue weighted by molar-refractivity contribution is 0.866. The van der Waals surface area contributed by atoms with Crippen molar-refractivity contribution in [2.24, 2.45) is 0 Å². The van der Waals surface area contributed by atoms with Crippen LogP contribution in [-0.2, 0) is 0 Å². The number of hydrogen-bond donors (Lipinski definition) is 0. The first-order valence-corrected chi connectivity index (χ1v) is 25.5. The first-order valence-electron chi connectivity index (χ1n) is 19.8. The molecule has 0 fully saturated rings. The van der Waals surface area contributed by atoms with E-state index in [1.165, 1.54) is 76.0 Å². The van der Waals surface area contributed by atoms with Gasteiger partial charge in [-0.25, -0.2) is 20.1 Å². The minimum Gasteiger partial charge on any atom is -0.310 e. The van der Waals surface area contributed by atoms with E-state index >= 15 is 0 Å². The van der Waals surface area contributed by atoms with Gasteiger partial charge < -0.3 is 9.80 Å². The van der Waals surface area contributed by atoms with Gasteiger partial charge in [0.05, 0.1) is 11.4 Å². The minimum absolute atomic E-state index is 0.473. The molecule has 0 aliphatic heterocycles. The summed E-state index contributed by atoms with van der Waals surface area (Å²) in [5.41, 5.74) is 9.74. The van der Waals surface area contributed by atoms with Gasteiger partial charge in [0.1, 0.15) is 0 Å². The van der Waals surface area contributed by atoms with E-state index in [9.17, 15) is 0 Å². The van der Waals surface area contributed by atoms with Crippen LogP contribution in [0.4, 0.5) is 34.1 Å². The van der Waals surface area contributed by atoms with Gasteiger partial charge >= 0.3 is 0 Å². The first-order chi connectivity index (χ1) is 26.7. The van der Waals surface area contributed by atoms with Gasteiger partial charge in [0.2, 0.25) is 0 Å². The molecule has 0 aliphatic carbocycles. The van der Waals surface area contributed by atoms with Crippen LogP contribution < -0.4 is 9.80 Å². The molecule has 4 heteroatoms. The van der Waals surface area contributed by atoms with Crippen molar-refractivity contribution in [3.05, 3.63) is 157 Å². The zero-order valence-electron chi connectivity index (χ0n) is 34.7. The second-order valence-corrected chi connectivity index (χ2v) is 25.7. The van der Waals surface area contributed by atoms with E-state index in [4.69, 9.17) is 0 Å². The Morgan fingerprint density at radius 3 is 0.911 bits per heavy atom. The molecule has 8 aromatic rings. The van der Waals surface area contributed by atoms with Crippen molar-refractivity contribution in [3.63, 3.8) is 0 Å². The van der Waals surface area contributed by atoms with Gasteiger partial charge in [0.25, 0.3) is 0 Å². The highest BCUT2D eigenvalue weighted by atomic mass is 32.3. The maximum atomic E-state index is 2.46. The van der Waals surface area contributed by atoms with Crippen molar-refractivity contribution >= 4 is 86.5 Å². The number of nitrogens with zero attached hydrogens (tertiary/aromatic N) is 2. The third-order valence-corrected chi connectivity index (χ3v) is 14.7. The Morgan fingerprint density at radius 1 is 0.339 bits per heavy atom. The van der Waals surface area contributed by atoms with E-state index in [1.54, 1.807) is 0 Å². The molecule has 0 amide bonds. The molecule has 0 unspecified atom stereocenters. The Kier molecular flexibility index (Phi) is 9.87. The molecule has 0 aromatic heterocycles. The summed E-state index contributed by atoms with van der Waals surface area (Å²) in [5, 5.41) is 7.63. The smallest absolute Gasteiger partial charge is 0.0540 e. The Labute approximate surface area is 338 Å². The molecule has 0 heterocycles. The summed E-state index contributed by atoms with van der Waals surface area (Å²) in [6.07, 6.45) is 14.2. The Morgan fingerprint density at radius 2 is 0.625 bits per heavy atom. The van der Waals surface area contributed by atoms with E-state index in [0.29, 0.717) is 11.8 Å². The van der Waals surface area contributed by atoms with E-state index in [-0.39, 0.29) is 0 Å². The average Bonchev–Trinajstić information content (AvgIpc) is 3.18. The SMILES string of the molecule is CC(C)c1ccc(N(c2ccc(S(C)(C)C)cc2)c2ccc3ccc4c(N(c5ccc(C(C)C)cc5)c5ccc(S(C)(C)C)cc5)ccc5ccc2c3c54)cc1. The molecule has 56 heavy (non-hydrogen) atoms. The van der Waals surface area contributed by atoms with Crippen LogP contribution in [0.1, 0.15) is 50.7 Å². The van der Waals surface area contributed by atoms with Crippen LogP contribution in [0.2, 0.25) is 0 Å². The van der Waals surface area contributed by atoms with Crippen molar-refractivity contribution < 1.29 is 0 Å². The van der Waals surface area contributed by atoms with Gasteiger partial charge in [-0.3, -0.25) is 0 Å². The fraction of sp³-hybridized carbons (Fsp3) is 0.231. The highest BCUT2D eigenvalue weighted by Crippen LogP contribution is 2.50. The molecule has 0 N–H and O–H groups in total. The van der Waals surface area contributed by atoms with E-state index in [1.807, 2.05) is 0 Å². The molecule has 2 nitrogen and oxygen atoms in total. The minimum atomic E-state index is -0.847. The number of hydrogen-bond acceptors (Lipinski definition) is 2. The summed E-state index contributed by atoms with van der Waals surface area (Å²) < 4.78 is 0. The third-order valence-electron chi connectivity index (χ3n) is 11.3. The maximum Gasteiger partial charge on any atom is 0.0540 e. The van der Waals surface area contributed by atoms with Crippen molar-refractivity contribution in [1.29, 1.82) is 0 Å². The van der Waals surface area contributed by atoms with Crippen molar-refractivity contribution in [1.82, 2.24) is 0 Å². The topological polar surface area (TPSA) is 6.48 Å². The molecule has 8 rings (SSSR count). The zero-order valence-corrected chi connectivity index (χ0v) is 36.4. The van der Waals surface area contributed by atoms with Crippen LogP contribution in [0.15, 0.2) is 155 Å². The monoisotopic (exact) mass is 772 g/mol. The molecule has 0 aliphatic rings. The van der Waals surface area contributed by atoms with Crippen molar-refractivity contribution in [2.75, 3.05) is 47.3 Å². The van der Waals surface area contributed by atoms with Crippen molar-refractivity contribution in [2.45, 2.75) is 49.3 Å². The predicted molar refractivity (Wildman–Crippen MR) is 255 cm³/mol. The summed E-state index contributed by atoms with van der Waals surface area (Å²) in [7, 11) is -1.69. The Balaban J connectivity index is 1.35. The summed E-state index contributed by atoms with van der Waals surface area (Å²) in [6, 6.07) is 55.6. The molecule has 0 saturated carbocycles. The van der Waals surface area contributed by atoms with Gasteiger partial charge in [0, 0.05) is 33.5 Å². The lowest BCUT2D eigenvalue weighted by atomic mass is 9.91. The number of anilines is 6. The summed E-state index contributed by atoms with van der Waals surface area (Å²) in [6.45, 7) is 9.05. The van der Waals surface area contributed by atoms with Crippen LogP contribution in [-0.4, -0.2) is 37.5 Å². The average molecular weight is 773 g/mol. The van der Waals surface area contributed by atoms with Crippen LogP contribution in [0.3, 0.4) is 0 Å². The third kappa shape index (κ3) is 7.03. The Hall–Kier alpha value is -4.90. The standard InChI is InChI=1S/C52H56N2S2/c1-35(2)37-11-19-41(20-12-37)53(43-23-27-45(28-24-43)55(5,6)7)49-33-17-39-16-32-48-50(34-18-40-15-31-47(49)51(39)52(40)48)54(42-21-13-38(14-22-42)36(3)4)44-25-29-46(30-26-44)56(8,9)10/h11-36H,1-10H3. The summed E-state index contributed by atoms with van der Waals surface area (Å²) in [4.78, 5) is 7.74. The number of benzene rings is 8. The first kappa shape index (κ1) is 38.0. The lowest BCUT2D eigenvalue weighted by Crippen LogP contribution is -2.12. The second-order valence-electron chi connectivity index (χ2n) is 17.4. The van der Waals surface area contributed by atoms with Gasteiger partial charge in [-0.15, -0.1) is 0 Å². The molecule has 0 bridgehead atoms. The zero-order chi connectivity index (χ0) is 39.5. The highest BCUT2D eigenvalue weighted by molar-refractivity contribution is 8.32. The van der Waals surface area contributed by atoms with Crippen LogP contribution in [0, 0.1) is 0 Å². The summed E-state index contributed by atoms with van der Waals surface area (Å²) >= 11 is 0. The molecule has 286 valence electrons.